The van der Waals surface area contributed by atoms with Crippen molar-refractivity contribution in [2.45, 2.75) is 25.5 Å². The van der Waals surface area contributed by atoms with Gasteiger partial charge >= 0.3 is 0 Å². The Bertz CT molecular complexity index is 277. The van der Waals surface area contributed by atoms with E-state index in [0.29, 0.717) is 0 Å². The molecule has 1 aromatic heterocycles. The Morgan fingerprint density at radius 2 is 2.15 bits per heavy atom. The lowest BCUT2D eigenvalue weighted by molar-refractivity contribution is 0.804. The Labute approximate surface area is 82.8 Å². The summed E-state index contributed by atoms with van der Waals surface area (Å²) in [7, 11) is 0. The molecule has 0 aliphatic rings. The highest BCUT2D eigenvalue weighted by Crippen LogP contribution is 2.23. The van der Waals surface area contributed by atoms with Gasteiger partial charge in [-0.2, -0.15) is 0 Å². The highest BCUT2D eigenvalue weighted by atomic mass is 32.2. The zero-order valence-corrected chi connectivity index (χ0v) is 8.88. The van der Waals surface area contributed by atoms with Gasteiger partial charge in [-0.05, 0) is 32.7 Å². The molecular weight excluding hydrogens is 182 g/mol. The van der Waals surface area contributed by atoms with Crippen LogP contribution in [-0.4, -0.2) is 20.9 Å². The monoisotopic (exact) mass is 195 g/mol. The number of hydrogen-bond donors (Lipinski definition) is 0. The van der Waals surface area contributed by atoms with Crippen molar-refractivity contribution in [3.05, 3.63) is 24.3 Å². The Morgan fingerprint density at radius 3 is 2.69 bits per heavy atom. The molecule has 1 aromatic rings. The molecule has 1 rings (SSSR count). The van der Waals surface area contributed by atoms with Gasteiger partial charge in [0, 0.05) is 17.1 Å². The maximum atomic E-state index is 4.20. The standard InChI is InChI=1S/C9H13N3S/c1-9(2,3)13-12-7-8-6-10-4-5-11-8/h4-7H,1-3H3/b12-7+. The van der Waals surface area contributed by atoms with Crippen molar-refractivity contribution < 1.29 is 0 Å². The smallest absolute Gasteiger partial charge is 0.100 e. The van der Waals surface area contributed by atoms with Gasteiger partial charge in [0.1, 0.15) is 5.69 Å². The minimum absolute atomic E-state index is 0.151. The molecule has 0 radical (unpaired) electrons. The summed E-state index contributed by atoms with van der Waals surface area (Å²) in [6, 6.07) is 0. The lowest BCUT2D eigenvalue weighted by Gasteiger charge is -2.11. The molecule has 0 fully saturated rings. The summed E-state index contributed by atoms with van der Waals surface area (Å²) in [5.74, 6) is 0. The van der Waals surface area contributed by atoms with Crippen LogP contribution in [0.2, 0.25) is 0 Å². The maximum absolute atomic E-state index is 4.20. The summed E-state index contributed by atoms with van der Waals surface area (Å²) < 4.78 is 4.35. The fraction of sp³-hybridized carbons (Fsp3) is 0.444. The zero-order valence-electron chi connectivity index (χ0n) is 8.06. The third-order valence-corrected chi connectivity index (χ3v) is 1.85. The molecule has 0 saturated carbocycles. The molecule has 70 valence electrons. The van der Waals surface area contributed by atoms with Crippen molar-refractivity contribution in [2.75, 3.05) is 0 Å². The van der Waals surface area contributed by atoms with Gasteiger partial charge in [0.05, 0.1) is 12.4 Å². The summed E-state index contributed by atoms with van der Waals surface area (Å²) >= 11 is 1.53. The average Bonchev–Trinajstić information content (AvgIpc) is 2.04. The second-order valence-electron chi connectivity index (χ2n) is 3.57. The van der Waals surface area contributed by atoms with Gasteiger partial charge in [-0.3, -0.25) is 9.97 Å². The van der Waals surface area contributed by atoms with E-state index in [9.17, 15) is 0 Å². The average molecular weight is 195 g/mol. The molecule has 1 heterocycles. The van der Waals surface area contributed by atoms with Gasteiger partial charge in [-0.1, -0.05) is 0 Å². The predicted octanol–water partition coefficient (Wildman–Crippen LogP) is 2.34. The van der Waals surface area contributed by atoms with Crippen molar-refractivity contribution in [2.24, 2.45) is 4.40 Å². The largest absolute Gasteiger partial charge is 0.261 e. The quantitative estimate of drug-likeness (QED) is 0.537. The van der Waals surface area contributed by atoms with Crippen molar-refractivity contribution in [3.8, 4) is 0 Å². The first-order valence-corrected chi connectivity index (χ1v) is 4.83. The van der Waals surface area contributed by atoms with Gasteiger partial charge < -0.3 is 0 Å². The van der Waals surface area contributed by atoms with Crippen molar-refractivity contribution in [1.82, 2.24) is 9.97 Å². The van der Waals surface area contributed by atoms with E-state index in [1.54, 1.807) is 24.8 Å². The molecule has 0 aliphatic heterocycles. The van der Waals surface area contributed by atoms with E-state index in [0.717, 1.165) is 5.69 Å². The lowest BCUT2D eigenvalue weighted by Crippen LogP contribution is -2.05. The number of hydrogen-bond acceptors (Lipinski definition) is 4. The summed E-state index contributed by atoms with van der Waals surface area (Å²) in [5.41, 5.74) is 0.791. The minimum Gasteiger partial charge on any atom is -0.261 e. The number of rotatable bonds is 2. The van der Waals surface area contributed by atoms with Crippen molar-refractivity contribution >= 4 is 18.2 Å². The minimum atomic E-state index is 0.151. The van der Waals surface area contributed by atoms with Gasteiger partial charge in [-0.15, -0.1) is 0 Å². The molecule has 0 unspecified atom stereocenters. The summed E-state index contributed by atoms with van der Waals surface area (Å²) in [4.78, 5) is 8.01. The molecule has 3 nitrogen and oxygen atoms in total. The molecule has 0 saturated heterocycles. The van der Waals surface area contributed by atoms with Crippen LogP contribution in [0.15, 0.2) is 23.0 Å². The highest BCUT2D eigenvalue weighted by Gasteiger charge is 2.08. The van der Waals surface area contributed by atoms with Gasteiger partial charge in [0.2, 0.25) is 0 Å². The van der Waals surface area contributed by atoms with Crippen LogP contribution in [0.4, 0.5) is 0 Å². The van der Waals surface area contributed by atoms with Crippen molar-refractivity contribution in [3.63, 3.8) is 0 Å². The predicted molar refractivity (Wildman–Crippen MR) is 57.0 cm³/mol. The molecule has 0 bridgehead atoms. The molecule has 13 heavy (non-hydrogen) atoms. The third-order valence-electron chi connectivity index (χ3n) is 1.09. The topological polar surface area (TPSA) is 38.1 Å². The normalized spacial score (nSPS) is 12.2. The second-order valence-corrected chi connectivity index (χ2v) is 5.19. The molecular formula is C9H13N3S. The molecule has 4 heteroatoms. The summed E-state index contributed by atoms with van der Waals surface area (Å²) in [5, 5.41) is 0. The van der Waals surface area contributed by atoms with Gasteiger partial charge in [0.15, 0.2) is 0 Å². The van der Waals surface area contributed by atoms with Crippen LogP contribution in [0, 0.1) is 0 Å². The molecule has 0 amide bonds. The third kappa shape index (κ3) is 4.62. The molecule has 0 atom stereocenters. The van der Waals surface area contributed by atoms with Crippen LogP contribution in [0.1, 0.15) is 26.5 Å². The number of aromatic nitrogens is 2. The van der Waals surface area contributed by atoms with Gasteiger partial charge in [0.25, 0.3) is 0 Å². The van der Waals surface area contributed by atoms with Crippen LogP contribution < -0.4 is 0 Å². The molecule has 0 N–H and O–H groups in total. The Kier molecular flexibility index (Phi) is 3.42. The fourth-order valence-electron chi connectivity index (χ4n) is 0.616. The first-order valence-electron chi connectivity index (χ1n) is 4.05. The fourth-order valence-corrected chi connectivity index (χ4v) is 1.09. The SMILES string of the molecule is CC(C)(C)S/N=C/c1cnccn1. The van der Waals surface area contributed by atoms with E-state index in [2.05, 4.69) is 35.1 Å². The molecule has 0 aliphatic carbocycles. The van der Waals surface area contributed by atoms with Crippen molar-refractivity contribution in [1.29, 1.82) is 0 Å². The van der Waals surface area contributed by atoms with Crippen LogP contribution in [0.5, 0.6) is 0 Å². The first kappa shape index (κ1) is 10.2. The Morgan fingerprint density at radius 1 is 1.38 bits per heavy atom. The van der Waals surface area contributed by atoms with E-state index >= 15 is 0 Å². The van der Waals surface area contributed by atoms with Gasteiger partial charge in [-0.25, -0.2) is 4.40 Å². The molecule has 0 aromatic carbocycles. The number of nitrogens with zero attached hydrogens (tertiary/aromatic N) is 3. The van der Waals surface area contributed by atoms with E-state index in [-0.39, 0.29) is 4.75 Å². The summed E-state index contributed by atoms with van der Waals surface area (Å²) in [6.45, 7) is 6.35. The van der Waals surface area contributed by atoms with Crippen LogP contribution >= 0.6 is 11.9 Å². The zero-order chi connectivity index (χ0) is 9.73. The van der Waals surface area contributed by atoms with E-state index < -0.39 is 0 Å². The second kappa shape index (κ2) is 4.37. The summed E-state index contributed by atoms with van der Waals surface area (Å²) in [6.07, 6.45) is 6.72. The molecule has 0 spiro atoms. The Hall–Kier alpha value is -0.900. The van der Waals surface area contributed by atoms with Crippen LogP contribution in [0.3, 0.4) is 0 Å². The van der Waals surface area contributed by atoms with Crippen LogP contribution in [0.25, 0.3) is 0 Å². The highest BCUT2D eigenvalue weighted by molar-refractivity contribution is 7.99. The van der Waals surface area contributed by atoms with Crippen LogP contribution in [-0.2, 0) is 0 Å². The van der Waals surface area contributed by atoms with E-state index in [1.807, 2.05) is 0 Å². The van der Waals surface area contributed by atoms with E-state index in [4.69, 9.17) is 0 Å². The Balaban J connectivity index is 2.51. The lowest BCUT2D eigenvalue weighted by atomic mass is 10.3. The maximum Gasteiger partial charge on any atom is 0.100 e. The van der Waals surface area contributed by atoms with E-state index in [1.165, 1.54) is 11.9 Å². The first-order chi connectivity index (χ1) is 6.08.